The molecule has 1 rings (SSSR count). The molecule has 0 unspecified atom stereocenters. The highest BCUT2D eigenvalue weighted by Gasteiger charge is 1.87. The van der Waals surface area contributed by atoms with E-state index < -0.39 is 5.97 Å². The van der Waals surface area contributed by atoms with Crippen LogP contribution in [0.1, 0.15) is 0 Å². The number of benzene rings is 1. The zero-order valence-electron chi connectivity index (χ0n) is 6.31. The smallest absolute Gasteiger partial charge is 0.331 e. The SMILES string of the molecule is O=C(O)/C=C/Oc1ccccc1. The molecule has 0 spiro atoms. The first-order chi connectivity index (χ1) is 5.79. The first-order valence-electron chi connectivity index (χ1n) is 3.40. The highest BCUT2D eigenvalue weighted by atomic mass is 16.5. The van der Waals surface area contributed by atoms with E-state index in [1.807, 2.05) is 18.2 Å². The molecule has 0 saturated heterocycles. The molecule has 0 aromatic heterocycles. The number of carboxylic acid groups (broad SMARTS) is 1. The van der Waals surface area contributed by atoms with Crippen molar-refractivity contribution in [1.82, 2.24) is 0 Å². The Kier molecular flexibility index (Phi) is 2.90. The summed E-state index contributed by atoms with van der Waals surface area (Å²) in [5, 5.41) is 8.22. The highest BCUT2D eigenvalue weighted by Crippen LogP contribution is 2.07. The van der Waals surface area contributed by atoms with E-state index in [1.54, 1.807) is 12.1 Å². The lowest BCUT2D eigenvalue weighted by Crippen LogP contribution is -1.88. The molecule has 62 valence electrons. The van der Waals surface area contributed by atoms with Gasteiger partial charge in [0, 0.05) is 0 Å². The van der Waals surface area contributed by atoms with Crippen LogP contribution in [0.5, 0.6) is 5.75 Å². The second-order valence-electron chi connectivity index (χ2n) is 2.07. The Hall–Kier alpha value is -1.77. The molecule has 3 heteroatoms. The average Bonchev–Trinajstić information content (AvgIpc) is 2.05. The van der Waals surface area contributed by atoms with E-state index in [0.29, 0.717) is 5.75 Å². The molecule has 0 atom stereocenters. The van der Waals surface area contributed by atoms with Crippen LogP contribution < -0.4 is 4.74 Å². The van der Waals surface area contributed by atoms with E-state index in [4.69, 9.17) is 9.84 Å². The summed E-state index contributed by atoms with van der Waals surface area (Å²) in [7, 11) is 0. The molecule has 1 N–H and O–H groups in total. The number of para-hydroxylation sites is 1. The molecule has 3 nitrogen and oxygen atoms in total. The highest BCUT2D eigenvalue weighted by molar-refractivity contribution is 5.79. The minimum absolute atomic E-state index is 0.620. The Bertz CT molecular complexity index is 277. The summed E-state index contributed by atoms with van der Waals surface area (Å²) in [6, 6.07) is 8.96. The summed E-state index contributed by atoms with van der Waals surface area (Å²) in [5.74, 6) is -0.402. The van der Waals surface area contributed by atoms with Gasteiger partial charge in [0.05, 0.1) is 12.3 Å². The van der Waals surface area contributed by atoms with Crippen molar-refractivity contribution in [3.8, 4) is 5.75 Å². The standard InChI is InChI=1S/C9H8O3/c10-9(11)6-7-12-8-4-2-1-3-5-8/h1-7H,(H,10,11)/b7-6+. The van der Waals surface area contributed by atoms with Gasteiger partial charge < -0.3 is 9.84 Å². The van der Waals surface area contributed by atoms with Crippen LogP contribution in [0, 0.1) is 0 Å². The fourth-order valence-corrected chi connectivity index (χ4v) is 0.670. The monoisotopic (exact) mass is 164 g/mol. The Balaban J connectivity index is 2.49. The van der Waals surface area contributed by atoms with Crippen LogP contribution in [0.2, 0.25) is 0 Å². The maximum atomic E-state index is 10.0. The van der Waals surface area contributed by atoms with Crippen molar-refractivity contribution in [2.45, 2.75) is 0 Å². The minimum Gasteiger partial charge on any atom is -0.478 e. The van der Waals surface area contributed by atoms with Gasteiger partial charge in [0.2, 0.25) is 0 Å². The summed E-state index contributed by atoms with van der Waals surface area (Å²) < 4.78 is 4.96. The van der Waals surface area contributed by atoms with Crippen LogP contribution >= 0.6 is 0 Å². The summed E-state index contributed by atoms with van der Waals surface area (Å²) in [5.41, 5.74) is 0. The maximum absolute atomic E-state index is 10.0. The predicted molar refractivity (Wildman–Crippen MR) is 43.8 cm³/mol. The lowest BCUT2D eigenvalue weighted by molar-refractivity contribution is -0.131. The molecule has 0 aliphatic carbocycles. The zero-order valence-corrected chi connectivity index (χ0v) is 6.31. The number of carboxylic acids is 1. The zero-order chi connectivity index (χ0) is 8.81. The van der Waals surface area contributed by atoms with Gasteiger partial charge in [0.15, 0.2) is 0 Å². The second kappa shape index (κ2) is 4.18. The molecule has 0 saturated carbocycles. The molecule has 0 radical (unpaired) electrons. The van der Waals surface area contributed by atoms with Gasteiger partial charge in [0.25, 0.3) is 0 Å². The van der Waals surface area contributed by atoms with Crippen LogP contribution in [0.3, 0.4) is 0 Å². The van der Waals surface area contributed by atoms with Gasteiger partial charge >= 0.3 is 5.97 Å². The van der Waals surface area contributed by atoms with Gasteiger partial charge in [-0.05, 0) is 12.1 Å². The first kappa shape index (κ1) is 8.33. The third-order valence-corrected chi connectivity index (χ3v) is 1.16. The lowest BCUT2D eigenvalue weighted by Gasteiger charge is -1.96. The van der Waals surface area contributed by atoms with E-state index in [0.717, 1.165) is 12.3 Å². The fourth-order valence-electron chi connectivity index (χ4n) is 0.670. The Morgan fingerprint density at radius 3 is 2.58 bits per heavy atom. The molecule has 0 aliphatic rings. The summed E-state index contributed by atoms with van der Waals surface area (Å²) in [6.45, 7) is 0. The number of aliphatic carboxylic acids is 1. The van der Waals surface area contributed by atoms with Crippen molar-refractivity contribution in [1.29, 1.82) is 0 Å². The first-order valence-corrected chi connectivity index (χ1v) is 3.40. The van der Waals surface area contributed by atoms with Gasteiger partial charge in [-0.25, -0.2) is 4.79 Å². The molecular formula is C9H8O3. The van der Waals surface area contributed by atoms with E-state index in [-0.39, 0.29) is 0 Å². The molecule has 0 amide bonds. The molecule has 12 heavy (non-hydrogen) atoms. The van der Waals surface area contributed by atoms with E-state index >= 15 is 0 Å². The normalized spacial score (nSPS) is 10.0. The third kappa shape index (κ3) is 2.88. The summed E-state index contributed by atoms with van der Waals surface area (Å²) >= 11 is 0. The summed E-state index contributed by atoms with van der Waals surface area (Å²) in [6.07, 6.45) is 2.07. The van der Waals surface area contributed by atoms with Crippen LogP contribution in [0.15, 0.2) is 42.7 Å². The van der Waals surface area contributed by atoms with E-state index in [9.17, 15) is 4.79 Å². The topological polar surface area (TPSA) is 46.5 Å². The van der Waals surface area contributed by atoms with Crippen molar-refractivity contribution >= 4 is 5.97 Å². The van der Waals surface area contributed by atoms with E-state index in [1.165, 1.54) is 0 Å². The molecule has 0 aliphatic heterocycles. The fraction of sp³-hybridized carbons (Fsp3) is 0. The Morgan fingerprint density at radius 1 is 1.33 bits per heavy atom. The third-order valence-electron chi connectivity index (χ3n) is 1.16. The van der Waals surface area contributed by atoms with Crippen LogP contribution in [0.4, 0.5) is 0 Å². The molecule has 0 bridgehead atoms. The number of ether oxygens (including phenoxy) is 1. The van der Waals surface area contributed by atoms with Gasteiger partial charge in [-0.2, -0.15) is 0 Å². The van der Waals surface area contributed by atoms with Gasteiger partial charge in [0.1, 0.15) is 5.75 Å². The van der Waals surface area contributed by atoms with Gasteiger partial charge in [-0.1, -0.05) is 18.2 Å². The molecule has 1 aromatic carbocycles. The number of hydrogen-bond donors (Lipinski definition) is 1. The summed E-state index contributed by atoms with van der Waals surface area (Å²) in [4.78, 5) is 10.0. The Labute approximate surface area is 69.9 Å². The molecule has 0 heterocycles. The van der Waals surface area contributed by atoms with Crippen molar-refractivity contribution in [3.63, 3.8) is 0 Å². The van der Waals surface area contributed by atoms with Gasteiger partial charge in [-0.15, -0.1) is 0 Å². The van der Waals surface area contributed by atoms with Crippen LogP contribution in [-0.2, 0) is 4.79 Å². The quantitative estimate of drug-likeness (QED) is 0.546. The lowest BCUT2D eigenvalue weighted by atomic mass is 10.3. The van der Waals surface area contributed by atoms with Gasteiger partial charge in [-0.3, -0.25) is 0 Å². The molecule has 1 aromatic rings. The van der Waals surface area contributed by atoms with Crippen molar-refractivity contribution in [2.24, 2.45) is 0 Å². The second-order valence-corrected chi connectivity index (χ2v) is 2.07. The largest absolute Gasteiger partial charge is 0.478 e. The van der Waals surface area contributed by atoms with Crippen LogP contribution in [0.25, 0.3) is 0 Å². The van der Waals surface area contributed by atoms with Crippen molar-refractivity contribution < 1.29 is 14.6 Å². The minimum atomic E-state index is -1.02. The Morgan fingerprint density at radius 2 is 2.00 bits per heavy atom. The maximum Gasteiger partial charge on any atom is 0.331 e. The van der Waals surface area contributed by atoms with E-state index in [2.05, 4.69) is 0 Å². The predicted octanol–water partition coefficient (Wildman–Crippen LogP) is 1.66. The molecule has 0 fully saturated rings. The number of hydrogen-bond acceptors (Lipinski definition) is 2. The van der Waals surface area contributed by atoms with Crippen molar-refractivity contribution in [3.05, 3.63) is 42.7 Å². The molecular weight excluding hydrogens is 156 g/mol. The number of rotatable bonds is 3. The number of carbonyl (C=O) groups is 1. The van der Waals surface area contributed by atoms with Crippen LogP contribution in [-0.4, -0.2) is 11.1 Å². The average molecular weight is 164 g/mol. The van der Waals surface area contributed by atoms with Crippen molar-refractivity contribution in [2.75, 3.05) is 0 Å².